The molecule has 0 aromatic heterocycles. The summed E-state index contributed by atoms with van der Waals surface area (Å²) in [6, 6.07) is 7.22. The Kier molecular flexibility index (Phi) is 8.91. The molecule has 2 rings (SSSR count). The van der Waals surface area contributed by atoms with Crippen molar-refractivity contribution in [3.63, 3.8) is 0 Å². The van der Waals surface area contributed by atoms with Gasteiger partial charge in [-0.05, 0) is 45.2 Å². The van der Waals surface area contributed by atoms with Crippen molar-refractivity contribution in [3.05, 3.63) is 30.1 Å². The van der Waals surface area contributed by atoms with Crippen LogP contribution >= 0.6 is 11.8 Å². The minimum absolute atomic E-state index is 0.0633. The third-order valence-electron chi connectivity index (χ3n) is 4.53. The van der Waals surface area contributed by atoms with Crippen molar-refractivity contribution < 1.29 is 9.18 Å². The van der Waals surface area contributed by atoms with Gasteiger partial charge < -0.3 is 16.0 Å². The normalized spacial score (nSPS) is 20.4. The second kappa shape index (κ2) is 11.2. The standard InChI is InChI=1S/C20H31FN4OS/c1-14(2)24-19(26)15-7-6-8-16(13-15)25-20(22-3)23-11-12-27-18-10-5-4-9-17(18)21/h4-5,9-10,14-16H,6-8,11-13H2,1-3H3,(H,24,26)(H2,22,23,25). The molecule has 1 amide bonds. The maximum Gasteiger partial charge on any atom is 0.223 e. The summed E-state index contributed by atoms with van der Waals surface area (Å²) in [6.07, 6.45) is 3.84. The Morgan fingerprint density at radius 2 is 2.11 bits per heavy atom. The van der Waals surface area contributed by atoms with Crippen LogP contribution in [-0.4, -0.2) is 43.3 Å². The number of hydrogen-bond donors (Lipinski definition) is 3. The average Bonchev–Trinajstić information content (AvgIpc) is 2.65. The van der Waals surface area contributed by atoms with Gasteiger partial charge in [-0.15, -0.1) is 11.8 Å². The number of guanidine groups is 1. The third kappa shape index (κ3) is 7.40. The van der Waals surface area contributed by atoms with Gasteiger partial charge in [0.25, 0.3) is 0 Å². The first-order valence-electron chi connectivity index (χ1n) is 9.64. The second-order valence-electron chi connectivity index (χ2n) is 7.15. The molecule has 1 aromatic rings. The number of carbonyl (C=O) groups is 1. The quantitative estimate of drug-likeness (QED) is 0.288. The Morgan fingerprint density at radius 3 is 2.81 bits per heavy atom. The molecule has 0 aliphatic heterocycles. The van der Waals surface area contributed by atoms with Crippen LogP contribution in [0.15, 0.2) is 34.2 Å². The third-order valence-corrected chi connectivity index (χ3v) is 5.58. The van der Waals surface area contributed by atoms with Gasteiger partial charge in [-0.1, -0.05) is 18.6 Å². The lowest BCUT2D eigenvalue weighted by atomic mass is 9.85. The Bertz CT molecular complexity index is 638. The van der Waals surface area contributed by atoms with Gasteiger partial charge in [-0.25, -0.2) is 4.39 Å². The van der Waals surface area contributed by atoms with Crippen molar-refractivity contribution in [2.75, 3.05) is 19.3 Å². The SMILES string of the molecule is CN=C(NCCSc1ccccc1F)NC1CCCC(C(=O)NC(C)C)C1. The number of thioether (sulfide) groups is 1. The minimum Gasteiger partial charge on any atom is -0.356 e. The number of amides is 1. The molecule has 0 bridgehead atoms. The Hall–Kier alpha value is -1.76. The first-order chi connectivity index (χ1) is 13.0. The van der Waals surface area contributed by atoms with E-state index in [2.05, 4.69) is 20.9 Å². The summed E-state index contributed by atoms with van der Waals surface area (Å²) in [6.45, 7) is 4.66. The van der Waals surface area contributed by atoms with Crippen LogP contribution in [0.5, 0.6) is 0 Å². The summed E-state index contributed by atoms with van der Waals surface area (Å²) < 4.78 is 13.6. The van der Waals surface area contributed by atoms with E-state index in [4.69, 9.17) is 0 Å². The number of rotatable bonds is 7. The van der Waals surface area contributed by atoms with Gasteiger partial charge in [-0.2, -0.15) is 0 Å². The van der Waals surface area contributed by atoms with E-state index in [1.54, 1.807) is 19.2 Å². The molecular formula is C20H31FN4OS. The summed E-state index contributed by atoms with van der Waals surface area (Å²) in [5, 5.41) is 9.72. The van der Waals surface area contributed by atoms with E-state index in [0.29, 0.717) is 11.4 Å². The number of hydrogen-bond acceptors (Lipinski definition) is 3. The minimum atomic E-state index is -0.182. The lowest BCUT2D eigenvalue weighted by molar-refractivity contribution is -0.126. The van der Waals surface area contributed by atoms with E-state index < -0.39 is 0 Å². The van der Waals surface area contributed by atoms with Crippen LogP contribution in [0.2, 0.25) is 0 Å². The first-order valence-corrected chi connectivity index (χ1v) is 10.6. The van der Waals surface area contributed by atoms with Crippen molar-refractivity contribution in [1.82, 2.24) is 16.0 Å². The molecule has 3 N–H and O–H groups in total. The van der Waals surface area contributed by atoms with Gasteiger partial charge in [-0.3, -0.25) is 9.79 Å². The molecule has 1 aliphatic rings. The van der Waals surface area contributed by atoms with Crippen molar-refractivity contribution in [3.8, 4) is 0 Å². The van der Waals surface area contributed by atoms with Crippen molar-refractivity contribution in [1.29, 1.82) is 0 Å². The molecule has 0 heterocycles. The molecule has 7 heteroatoms. The van der Waals surface area contributed by atoms with Gasteiger partial charge in [0.05, 0.1) is 0 Å². The van der Waals surface area contributed by atoms with Crippen LogP contribution in [0.25, 0.3) is 0 Å². The highest BCUT2D eigenvalue weighted by Gasteiger charge is 2.27. The second-order valence-corrected chi connectivity index (χ2v) is 8.28. The number of nitrogens with one attached hydrogen (secondary N) is 3. The summed E-state index contributed by atoms with van der Waals surface area (Å²) >= 11 is 1.48. The molecule has 27 heavy (non-hydrogen) atoms. The molecular weight excluding hydrogens is 363 g/mol. The fourth-order valence-electron chi connectivity index (χ4n) is 3.24. The predicted molar refractivity (Wildman–Crippen MR) is 111 cm³/mol. The summed E-state index contributed by atoms with van der Waals surface area (Å²) in [5.41, 5.74) is 0. The van der Waals surface area contributed by atoms with Crippen LogP contribution in [-0.2, 0) is 4.79 Å². The lowest BCUT2D eigenvalue weighted by Gasteiger charge is -2.30. The highest BCUT2D eigenvalue weighted by molar-refractivity contribution is 7.99. The number of benzene rings is 1. The van der Waals surface area contributed by atoms with Crippen LogP contribution in [0, 0.1) is 11.7 Å². The zero-order chi connectivity index (χ0) is 19.6. The Balaban J connectivity index is 1.74. The topological polar surface area (TPSA) is 65.5 Å². The van der Waals surface area contributed by atoms with Crippen LogP contribution in [0.4, 0.5) is 4.39 Å². The molecule has 0 radical (unpaired) electrons. The highest BCUT2D eigenvalue weighted by atomic mass is 32.2. The van der Waals surface area contributed by atoms with E-state index in [9.17, 15) is 9.18 Å². The first kappa shape index (κ1) is 21.5. The lowest BCUT2D eigenvalue weighted by Crippen LogP contribution is -2.48. The fraction of sp³-hybridized carbons (Fsp3) is 0.600. The van der Waals surface area contributed by atoms with Crippen molar-refractivity contribution >= 4 is 23.6 Å². The molecule has 1 fully saturated rings. The van der Waals surface area contributed by atoms with Crippen LogP contribution in [0.1, 0.15) is 39.5 Å². The largest absolute Gasteiger partial charge is 0.356 e. The zero-order valence-corrected chi connectivity index (χ0v) is 17.2. The molecule has 1 aliphatic carbocycles. The summed E-state index contributed by atoms with van der Waals surface area (Å²) in [4.78, 5) is 17.2. The maximum atomic E-state index is 13.6. The van der Waals surface area contributed by atoms with E-state index in [1.165, 1.54) is 17.8 Å². The molecule has 0 saturated heterocycles. The predicted octanol–water partition coefficient (Wildman–Crippen LogP) is 3.17. The van der Waals surface area contributed by atoms with E-state index in [-0.39, 0.29) is 29.7 Å². The Labute approximate surface area is 166 Å². The van der Waals surface area contributed by atoms with E-state index >= 15 is 0 Å². The Morgan fingerprint density at radius 1 is 1.33 bits per heavy atom. The molecule has 5 nitrogen and oxygen atoms in total. The highest BCUT2D eigenvalue weighted by Crippen LogP contribution is 2.24. The maximum absolute atomic E-state index is 13.6. The molecule has 150 valence electrons. The fourth-order valence-corrected chi connectivity index (χ4v) is 4.05. The van der Waals surface area contributed by atoms with Gasteiger partial charge in [0.1, 0.15) is 5.82 Å². The molecule has 0 spiro atoms. The van der Waals surface area contributed by atoms with Crippen molar-refractivity contribution in [2.24, 2.45) is 10.9 Å². The zero-order valence-electron chi connectivity index (χ0n) is 16.4. The van der Waals surface area contributed by atoms with E-state index in [0.717, 1.165) is 37.4 Å². The van der Waals surface area contributed by atoms with Gasteiger partial charge >= 0.3 is 0 Å². The molecule has 2 atom stereocenters. The average molecular weight is 395 g/mol. The van der Waals surface area contributed by atoms with Crippen LogP contribution < -0.4 is 16.0 Å². The number of halogens is 1. The van der Waals surface area contributed by atoms with Gasteiger partial charge in [0.15, 0.2) is 5.96 Å². The number of nitrogens with zero attached hydrogens (tertiary/aromatic N) is 1. The number of aliphatic imine (C=N–C) groups is 1. The monoisotopic (exact) mass is 394 g/mol. The van der Waals surface area contributed by atoms with Crippen LogP contribution in [0.3, 0.4) is 0 Å². The summed E-state index contributed by atoms with van der Waals surface area (Å²) in [5.74, 6) is 1.51. The molecule has 2 unspecified atom stereocenters. The van der Waals surface area contributed by atoms with Gasteiger partial charge in [0.2, 0.25) is 5.91 Å². The smallest absolute Gasteiger partial charge is 0.223 e. The van der Waals surface area contributed by atoms with Gasteiger partial charge in [0, 0.05) is 42.2 Å². The molecule has 1 saturated carbocycles. The van der Waals surface area contributed by atoms with Crippen molar-refractivity contribution in [2.45, 2.75) is 56.5 Å². The number of carbonyl (C=O) groups excluding carboxylic acids is 1. The summed E-state index contributed by atoms with van der Waals surface area (Å²) in [7, 11) is 1.74. The molecule has 1 aromatic carbocycles. The van der Waals surface area contributed by atoms with E-state index in [1.807, 2.05) is 19.9 Å².